The van der Waals surface area contributed by atoms with Crippen molar-refractivity contribution in [3.05, 3.63) is 126 Å². The number of dihydropyridines is 1. The molecule has 0 spiro atoms. The Hall–Kier alpha value is -3.50. The highest BCUT2D eigenvalue weighted by Gasteiger charge is 2.40. The van der Waals surface area contributed by atoms with E-state index < -0.39 is 11.6 Å². The molecule has 138 valence electrons. The number of benzene rings is 2. The summed E-state index contributed by atoms with van der Waals surface area (Å²) < 4.78 is 0. The monoisotopic (exact) mass is 368 g/mol. The van der Waals surface area contributed by atoms with Crippen LogP contribution in [0.25, 0.3) is 0 Å². The van der Waals surface area contributed by atoms with Gasteiger partial charge in [0.25, 0.3) is 0 Å². The molecular weight excluding hydrogens is 348 g/mol. The fraction of sp³-hybridized carbons (Fsp3) is 0.0833. The Labute approximate surface area is 163 Å². The van der Waals surface area contributed by atoms with Crippen molar-refractivity contribution in [1.82, 2.24) is 10.3 Å². The lowest BCUT2D eigenvalue weighted by atomic mass is 9.79. The highest BCUT2D eigenvalue weighted by molar-refractivity contribution is 6.10. The maximum Gasteiger partial charge on any atom is 0.194 e. The molecule has 0 amide bonds. The average Bonchev–Trinajstić information content (AvgIpc) is 2.80. The standard InChI is InChI=1S/C24H20N2O2/c27-23(18-8-3-1-4-9-18)19-13-14-22(26-16-19)24(28,20-10-5-2-6-11-20)21-12-7-15-25-17-21/h1-17,22,26,28H. The normalized spacial score (nSPS) is 17.9. The first-order valence-corrected chi connectivity index (χ1v) is 9.12. The van der Waals surface area contributed by atoms with Crippen molar-refractivity contribution in [2.75, 3.05) is 0 Å². The quantitative estimate of drug-likeness (QED) is 0.676. The first-order valence-electron chi connectivity index (χ1n) is 9.12. The zero-order valence-electron chi connectivity index (χ0n) is 15.2. The van der Waals surface area contributed by atoms with Crippen LogP contribution >= 0.6 is 0 Å². The van der Waals surface area contributed by atoms with Crippen LogP contribution in [0.1, 0.15) is 21.5 Å². The molecule has 2 aromatic carbocycles. The average molecular weight is 368 g/mol. The molecule has 0 bridgehead atoms. The molecule has 1 aliphatic heterocycles. The Morgan fingerprint density at radius 1 is 0.929 bits per heavy atom. The number of hydrogen-bond acceptors (Lipinski definition) is 4. The summed E-state index contributed by atoms with van der Waals surface area (Å²) in [6.07, 6.45) is 8.60. The van der Waals surface area contributed by atoms with Crippen molar-refractivity contribution in [3.63, 3.8) is 0 Å². The Balaban J connectivity index is 1.66. The van der Waals surface area contributed by atoms with E-state index in [9.17, 15) is 9.90 Å². The summed E-state index contributed by atoms with van der Waals surface area (Å²) in [7, 11) is 0. The van der Waals surface area contributed by atoms with Gasteiger partial charge in [-0.1, -0.05) is 78.9 Å². The lowest BCUT2D eigenvalue weighted by molar-refractivity contribution is 0.0575. The topological polar surface area (TPSA) is 62.2 Å². The summed E-state index contributed by atoms with van der Waals surface area (Å²) in [5, 5.41) is 15.0. The van der Waals surface area contributed by atoms with Crippen molar-refractivity contribution >= 4 is 5.78 Å². The minimum absolute atomic E-state index is 0.0626. The van der Waals surface area contributed by atoms with Crippen LogP contribution in [0, 0.1) is 0 Å². The van der Waals surface area contributed by atoms with Gasteiger partial charge in [0.2, 0.25) is 0 Å². The lowest BCUT2D eigenvalue weighted by Gasteiger charge is -2.37. The van der Waals surface area contributed by atoms with Gasteiger partial charge < -0.3 is 10.4 Å². The molecule has 1 aromatic heterocycles. The lowest BCUT2D eigenvalue weighted by Crippen LogP contribution is -2.47. The van der Waals surface area contributed by atoms with Gasteiger partial charge >= 0.3 is 0 Å². The molecular formula is C24H20N2O2. The Kier molecular flexibility index (Phi) is 4.87. The Bertz CT molecular complexity index is 973. The van der Waals surface area contributed by atoms with Crippen LogP contribution in [0.2, 0.25) is 0 Å². The van der Waals surface area contributed by atoms with E-state index in [4.69, 9.17) is 0 Å². The Morgan fingerprint density at radius 2 is 1.61 bits per heavy atom. The van der Waals surface area contributed by atoms with E-state index in [-0.39, 0.29) is 5.78 Å². The molecule has 0 saturated carbocycles. The zero-order chi connectivity index (χ0) is 19.4. The van der Waals surface area contributed by atoms with E-state index in [1.165, 1.54) is 0 Å². The highest BCUT2D eigenvalue weighted by Crippen LogP contribution is 2.34. The second-order valence-corrected chi connectivity index (χ2v) is 6.67. The molecule has 0 fully saturated rings. The minimum Gasteiger partial charge on any atom is -0.381 e. The predicted molar refractivity (Wildman–Crippen MR) is 109 cm³/mol. The number of nitrogens with zero attached hydrogens (tertiary/aromatic N) is 1. The molecule has 0 aliphatic carbocycles. The molecule has 2 unspecified atom stereocenters. The second-order valence-electron chi connectivity index (χ2n) is 6.67. The zero-order valence-corrected chi connectivity index (χ0v) is 15.2. The Morgan fingerprint density at radius 3 is 2.21 bits per heavy atom. The van der Waals surface area contributed by atoms with E-state index in [0.29, 0.717) is 16.7 Å². The van der Waals surface area contributed by atoms with Gasteiger partial charge in [-0.15, -0.1) is 0 Å². The molecule has 4 heteroatoms. The molecule has 0 saturated heterocycles. The number of ketones is 1. The van der Waals surface area contributed by atoms with E-state index in [1.54, 1.807) is 42.9 Å². The van der Waals surface area contributed by atoms with Crippen LogP contribution in [0.15, 0.2) is 109 Å². The van der Waals surface area contributed by atoms with E-state index >= 15 is 0 Å². The number of Topliss-reactive ketones (excluding diaryl/α,β-unsaturated/α-hetero) is 1. The second kappa shape index (κ2) is 7.62. The minimum atomic E-state index is -1.33. The molecule has 2 N–H and O–H groups in total. The first-order chi connectivity index (χ1) is 13.7. The van der Waals surface area contributed by atoms with Gasteiger partial charge in [-0.3, -0.25) is 9.78 Å². The van der Waals surface area contributed by atoms with Gasteiger partial charge in [0.15, 0.2) is 5.78 Å². The van der Waals surface area contributed by atoms with Crippen LogP contribution < -0.4 is 5.32 Å². The number of carbonyl (C=O) groups is 1. The molecule has 2 atom stereocenters. The van der Waals surface area contributed by atoms with Gasteiger partial charge in [0.05, 0.1) is 6.04 Å². The molecule has 4 rings (SSSR count). The van der Waals surface area contributed by atoms with E-state index in [2.05, 4.69) is 10.3 Å². The van der Waals surface area contributed by atoms with Gasteiger partial charge in [0, 0.05) is 35.3 Å². The number of nitrogens with one attached hydrogen (secondary N) is 1. The van der Waals surface area contributed by atoms with Crippen molar-refractivity contribution in [1.29, 1.82) is 0 Å². The summed E-state index contributed by atoms with van der Waals surface area (Å²) in [6, 6.07) is 21.8. The molecule has 28 heavy (non-hydrogen) atoms. The fourth-order valence-electron chi connectivity index (χ4n) is 3.45. The summed E-state index contributed by atoms with van der Waals surface area (Å²) in [4.78, 5) is 16.8. The SMILES string of the molecule is O=C(C1=CNC(C(O)(c2ccccc2)c2cccnc2)C=C1)c1ccccc1. The van der Waals surface area contributed by atoms with Crippen LogP contribution in [-0.4, -0.2) is 21.9 Å². The van der Waals surface area contributed by atoms with Gasteiger partial charge in [-0.05, 0) is 11.6 Å². The third-order valence-electron chi connectivity index (χ3n) is 4.95. The van der Waals surface area contributed by atoms with Crippen LogP contribution in [0.3, 0.4) is 0 Å². The molecule has 2 heterocycles. The third-order valence-corrected chi connectivity index (χ3v) is 4.95. The maximum absolute atomic E-state index is 12.7. The number of aromatic nitrogens is 1. The van der Waals surface area contributed by atoms with E-state index in [1.807, 2.05) is 60.7 Å². The fourth-order valence-corrected chi connectivity index (χ4v) is 3.45. The van der Waals surface area contributed by atoms with Crippen molar-refractivity contribution in [3.8, 4) is 0 Å². The number of rotatable bonds is 5. The van der Waals surface area contributed by atoms with E-state index in [0.717, 1.165) is 5.56 Å². The number of pyridine rings is 1. The summed E-state index contributed by atoms with van der Waals surface area (Å²) in [5.74, 6) is -0.0626. The molecule has 0 radical (unpaired) electrons. The molecule has 3 aromatic rings. The number of allylic oxidation sites excluding steroid dienone is 2. The number of aliphatic hydroxyl groups is 1. The summed E-state index contributed by atoms with van der Waals surface area (Å²) in [6.45, 7) is 0. The molecule has 1 aliphatic rings. The van der Waals surface area contributed by atoms with Crippen LogP contribution in [-0.2, 0) is 5.60 Å². The first kappa shape index (κ1) is 17.9. The highest BCUT2D eigenvalue weighted by atomic mass is 16.3. The van der Waals surface area contributed by atoms with Gasteiger partial charge in [-0.25, -0.2) is 0 Å². The van der Waals surface area contributed by atoms with Crippen molar-refractivity contribution in [2.24, 2.45) is 0 Å². The largest absolute Gasteiger partial charge is 0.381 e. The summed E-state index contributed by atoms with van der Waals surface area (Å²) in [5.41, 5.74) is 1.27. The van der Waals surface area contributed by atoms with Crippen molar-refractivity contribution in [2.45, 2.75) is 11.6 Å². The molecule has 4 nitrogen and oxygen atoms in total. The van der Waals surface area contributed by atoms with Gasteiger partial charge in [-0.2, -0.15) is 0 Å². The van der Waals surface area contributed by atoms with Gasteiger partial charge in [0.1, 0.15) is 5.60 Å². The number of hydrogen-bond donors (Lipinski definition) is 2. The number of carbonyl (C=O) groups excluding carboxylic acids is 1. The van der Waals surface area contributed by atoms with Crippen LogP contribution in [0.5, 0.6) is 0 Å². The predicted octanol–water partition coefficient (Wildman–Crippen LogP) is 3.61. The summed E-state index contributed by atoms with van der Waals surface area (Å²) >= 11 is 0. The van der Waals surface area contributed by atoms with Crippen molar-refractivity contribution < 1.29 is 9.90 Å². The van der Waals surface area contributed by atoms with Crippen LogP contribution in [0.4, 0.5) is 0 Å². The smallest absolute Gasteiger partial charge is 0.194 e. The maximum atomic E-state index is 12.7. The third kappa shape index (κ3) is 3.26.